The molecule has 2 aliphatic rings. The van der Waals surface area contributed by atoms with Crippen molar-refractivity contribution < 1.29 is 19.1 Å². The van der Waals surface area contributed by atoms with E-state index in [-0.39, 0.29) is 17.0 Å². The Morgan fingerprint density at radius 3 is 2.62 bits per heavy atom. The van der Waals surface area contributed by atoms with E-state index in [1.54, 1.807) is 26.0 Å². The number of anilines is 1. The molecule has 3 aromatic carbocycles. The fraction of sp³-hybridized carbons (Fsp3) is 0.250. The Hall–Kier alpha value is -4.02. The summed E-state index contributed by atoms with van der Waals surface area (Å²) in [6.07, 6.45) is 1.23. The number of hydrogen-bond donors (Lipinski definition) is 0. The first-order chi connectivity index (χ1) is 20.3. The van der Waals surface area contributed by atoms with Gasteiger partial charge in [-0.2, -0.15) is 0 Å². The van der Waals surface area contributed by atoms with E-state index in [2.05, 4.69) is 15.9 Å². The van der Waals surface area contributed by atoms with E-state index in [1.807, 2.05) is 61.5 Å². The molecular formula is C32H28BrN3O5S. The molecule has 0 aliphatic carbocycles. The van der Waals surface area contributed by atoms with Crippen LogP contribution in [0.25, 0.3) is 16.3 Å². The Kier molecular flexibility index (Phi) is 7.36. The summed E-state index contributed by atoms with van der Waals surface area (Å²) in [4.78, 5) is 48.7. The highest BCUT2D eigenvalue weighted by molar-refractivity contribution is 9.10. The molecule has 6 rings (SSSR count). The zero-order chi connectivity index (χ0) is 29.7. The standard InChI is InChI=1S/C32H28BrN3O5S/c1-5-9-21-26(31(39)41-6-2)27(24-19-11-8-7-10-17(19)12-15-23(24)40-4)36-30(38)28(42-32(36)34-21)25-20-16-18(33)13-14-22(20)35(3)29(25)37/h7-8,10-16,27H,5-6,9H2,1-4H3/b28-25-/t27-/m1/s1. The lowest BCUT2D eigenvalue weighted by Gasteiger charge is -2.28. The molecule has 214 valence electrons. The molecule has 0 N–H and O–H groups in total. The van der Waals surface area contributed by atoms with Crippen LogP contribution < -0.4 is 24.5 Å². The number of allylic oxidation sites excluding steroid dienone is 1. The maximum absolute atomic E-state index is 14.6. The Labute approximate surface area is 254 Å². The van der Waals surface area contributed by atoms with Crippen LogP contribution >= 0.6 is 27.3 Å². The van der Waals surface area contributed by atoms with E-state index >= 15 is 0 Å². The van der Waals surface area contributed by atoms with Gasteiger partial charge in [0, 0.05) is 22.6 Å². The summed E-state index contributed by atoms with van der Waals surface area (Å²) in [7, 11) is 3.27. The van der Waals surface area contributed by atoms with Gasteiger partial charge >= 0.3 is 5.97 Å². The lowest BCUT2D eigenvalue weighted by Crippen LogP contribution is -2.41. The summed E-state index contributed by atoms with van der Waals surface area (Å²) in [5, 5.41) is 1.77. The number of methoxy groups -OCH3 is 1. The van der Waals surface area contributed by atoms with Gasteiger partial charge in [-0.05, 0) is 48.4 Å². The number of nitrogens with zero attached hydrogens (tertiary/aromatic N) is 3. The van der Waals surface area contributed by atoms with Crippen LogP contribution in [-0.4, -0.2) is 37.2 Å². The van der Waals surface area contributed by atoms with Gasteiger partial charge in [0.1, 0.15) is 16.3 Å². The van der Waals surface area contributed by atoms with Crippen molar-refractivity contribution in [2.45, 2.75) is 32.7 Å². The number of amides is 1. The fourth-order valence-corrected chi connectivity index (χ4v) is 7.26. The Morgan fingerprint density at radius 1 is 1.10 bits per heavy atom. The predicted molar refractivity (Wildman–Crippen MR) is 167 cm³/mol. The third-order valence-electron chi connectivity index (χ3n) is 7.63. The summed E-state index contributed by atoms with van der Waals surface area (Å²) in [6, 6.07) is 16.3. The van der Waals surface area contributed by atoms with Gasteiger partial charge < -0.3 is 14.4 Å². The molecule has 10 heteroatoms. The first-order valence-corrected chi connectivity index (χ1v) is 15.3. The van der Waals surface area contributed by atoms with Crippen LogP contribution in [0.15, 0.2) is 80.1 Å². The third-order valence-corrected chi connectivity index (χ3v) is 9.17. The van der Waals surface area contributed by atoms with Crippen molar-refractivity contribution in [2.24, 2.45) is 4.99 Å². The smallest absolute Gasteiger partial charge is 0.338 e. The van der Waals surface area contributed by atoms with Crippen LogP contribution in [0, 0.1) is 0 Å². The van der Waals surface area contributed by atoms with Crippen molar-refractivity contribution in [3.8, 4) is 5.75 Å². The molecule has 0 spiro atoms. The lowest BCUT2D eigenvalue weighted by molar-refractivity contribution is -0.139. The van der Waals surface area contributed by atoms with Crippen molar-refractivity contribution in [3.05, 3.63) is 101 Å². The minimum Gasteiger partial charge on any atom is -0.496 e. The Bertz CT molecular complexity index is 2010. The molecule has 3 heterocycles. The highest BCUT2D eigenvalue weighted by atomic mass is 79.9. The van der Waals surface area contributed by atoms with E-state index in [0.717, 1.165) is 27.4 Å². The molecule has 42 heavy (non-hydrogen) atoms. The molecule has 0 bridgehead atoms. The monoisotopic (exact) mass is 645 g/mol. The summed E-state index contributed by atoms with van der Waals surface area (Å²) in [5.41, 5.74) is 2.83. The highest BCUT2D eigenvalue weighted by Crippen LogP contribution is 2.41. The average Bonchev–Trinajstić information content (AvgIpc) is 3.43. The van der Waals surface area contributed by atoms with Crippen LogP contribution in [0.4, 0.5) is 5.69 Å². The van der Waals surface area contributed by atoms with Crippen LogP contribution in [0.2, 0.25) is 0 Å². The minimum absolute atomic E-state index is 0.169. The Morgan fingerprint density at radius 2 is 1.88 bits per heavy atom. The zero-order valence-corrected chi connectivity index (χ0v) is 26.0. The normalized spacial score (nSPS) is 17.3. The van der Waals surface area contributed by atoms with Gasteiger partial charge in [0.2, 0.25) is 0 Å². The van der Waals surface area contributed by atoms with Crippen molar-refractivity contribution in [2.75, 3.05) is 25.7 Å². The number of carbonyl (C=O) groups excluding carboxylic acids is 2. The first kappa shape index (κ1) is 28.1. The number of fused-ring (bicyclic) bond motifs is 3. The van der Waals surface area contributed by atoms with Gasteiger partial charge in [-0.3, -0.25) is 14.2 Å². The van der Waals surface area contributed by atoms with Gasteiger partial charge in [-0.1, -0.05) is 70.9 Å². The molecule has 4 aromatic rings. The quantitative estimate of drug-likeness (QED) is 0.280. The molecule has 1 aromatic heterocycles. The minimum atomic E-state index is -0.881. The number of aromatic nitrogens is 1. The van der Waals surface area contributed by atoms with E-state index in [0.29, 0.717) is 44.9 Å². The molecule has 1 atom stereocenters. The van der Waals surface area contributed by atoms with Crippen LogP contribution in [-0.2, 0) is 14.3 Å². The number of hydrogen-bond acceptors (Lipinski definition) is 7. The molecule has 2 aliphatic heterocycles. The maximum Gasteiger partial charge on any atom is 0.338 e. The Balaban J connectivity index is 1.76. The van der Waals surface area contributed by atoms with Gasteiger partial charge in [0.05, 0.1) is 36.2 Å². The van der Waals surface area contributed by atoms with E-state index in [1.165, 1.54) is 15.9 Å². The summed E-state index contributed by atoms with van der Waals surface area (Å²) < 4.78 is 14.0. The van der Waals surface area contributed by atoms with Gasteiger partial charge in [-0.25, -0.2) is 9.79 Å². The summed E-state index contributed by atoms with van der Waals surface area (Å²) >= 11 is 4.67. The van der Waals surface area contributed by atoms with Gasteiger partial charge in [0.15, 0.2) is 4.80 Å². The van der Waals surface area contributed by atoms with E-state index < -0.39 is 17.6 Å². The molecule has 0 radical (unpaired) electrons. The number of ether oxygens (including phenoxy) is 2. The zero-order valence-electron chi connectivity index (χ0n) is 23.6. The van der Waals surface area contributed by atoms with Crippen LogP contribution in [0.3, 0.4) is 0 Å². The number of thiazole rings is 1. The topological polar surface area (TPSA) is 90.2 Å². The number of benzene rings is 3. The van der Waals surface area contributed by atoms with Gasteiger partial charge in [0.25, 0.3) is 11.5 Å². The molecular weight excluding hydrogens is 618 g/mol. The molecule has 0 fully saturated rings. The SMILES string of the molecule is CCCC1=C(C(=O)OCC)[C@@H](c2c(OC)ccc3ccccc23)n2c(s/c(=C3\C(=O)N(C)c4ccc(Br)cc43)c2=O)=N1. The molecule has 8 nitrogen and oxygen atoms in total. The number of esters is 1. The second-order valence-corrected chi connectivity index (χ2v) is 11.9. The molecule has 0 saturated heterocycles. The highest BCUT2D eigenvalue weighted by Gasteiger charge is 2.39. The van der Waals surface area contributed by atoms with E-state index in [4.69, 9.17) is 14.5 Å². The van der Waals surface area contributed by atoms with Crippen LogP contribution in [0.1, 0.15) is 43.9 Å². The predicted octanol–water partition coefficient (Wildman–Crippen LogP) is 4.85. The maximum atomic E-state index is 14.6. The fourth-order valence-electron chi connectivity index (χ4n) is 5.79. The van der Waals surface area contributed by atoms with E-state index in [9.17, 15) is 14.4 Å². The van der Waals surface area contributed by atoms with Crippen molar-refractivity contribution in [1.29, 1.82) is 0 Å². The van der Waals surface area contributed by atoms with Crippen molar-refractivity contribution in [1.82, 2.24) is 4.57 Å². The number of rotatable bonds is 6. The lowest BCUT2D eigenvalue weighted by atomic mass is 9.90. The number of carbonyl (C=O) groups is 2. The summed E-state index contributed by atoms with van der Waals surface area (Å²) in [5.74, 6) is -0.276. The summed E-state index contributed by atoms with van der Waals surface area (Å²) in [6.45, 7) is 3.93. The molecule has 1 amide bonds. The van der Waals surface area contributed by atoms with Gasteiger partial charge in [-0.15, -0.1) is 0 Å². The number of likely N-dealkylation sites (N-methyl/N-ethyl adjacent to an activating group) is 1. The van der Waals surface area contributed by atoms with Crippen molar-refractivity contribution in [3.63, 3.8) is 0 Å². The molecule has 0 saturated carbocycles. The number of halogens is 1. The first-order valence-electron chi connectivity index (χ1n) is 13.7. The molecule has 0 unspecified atom stereocenters. The van der Waals surface area contributed by atoms with Crippen LogP contribution in [0.5, 0.6) is 5.75 Å². The largest absolute Gasteiger partial charge is 0.496 e. The average molecular weight is 647 g/mol. The second kappa shape index (κ2) is 11.0. The second-order valence-electron chi connectivity index (χ2n) is 10.0. The van der Waals surface area contributed by atoms with Crippen molar-refractivity contribution >= 4 is 61.2 Å². The third kappa shape index (κ3) is 4.32.